The molecule has 0 aliphatic carbocycles. The Balaban J connectivity index is 1.99. The Morgan fingerprint density at radius 3 is 2.37 bits per heavy atom. The lowest BCUT2D eigenvalue weighted by Gasteiger charge is -2.13. The number of benzene rings is 2. The Hall–Kier alpha value is -2.41. The lowest BCUT2D eigenvalue weighted by atomic mass is 10.1. The van der Waals surface area contributed by atoms with Crippen LogP contribution in [0.1, 0.15) is 28.4 Å². The highest BCUT2D eigenvalue weighted by molar-refractivity contribution is 9.10. The lowest BCUT2D eigenvalue weighted by molar-refractivity contribution is 0.0827. The smallest absolute Gasteiger partial charge is 0.253 e. The Morgan fingerprint density at radius 2 is 1.78 bits per heavy atom. The van der Waals surface area contributed by atoms with Gasteiger partial charge in [-0.15, -0.1) is 0 Å². The van der Waals surface area contributed by atoms with Crippen molar-refractivity contribution in [3.8, 4) is 0 Å². The SMILES string of the molecule is CCNC(=NCc1ccc(Br)c(F)c1)NCc1ccc(C(=O)N(C)C)cc1. The average Bonchev–Trinajstić information content (AvgIpc) is 2.66. The van der Waals surface area contributed by atoms with Crippen LogP contribution in [0.4, 0.5) is 4.39 Å². The van der Waals surface area contributed by atoms with E-state index in [-0.39, 0.29) is 11.7 Å². The lowest BCUT2D eigenvalue weighted by Crippen LogP contribution is -2.36. The van der Waals surface area contributed by atoms with Crippen LogP contribution < -0.4 is 10.6 Å². The summed E-state index contributed by atoms with van der Waals surface area (Å²) < 4.78 is 14.0. The summed E-state index contributed by atoms with van der Waals surface area (Å²) in [6.45, 7) is 3.64. The van der Waals surface area contributed by atoms with Gasteiger partial charge in [-0.2, -0.15) is 0 Å². The second-order valence-electron chi connectivity index (χ2n) is 6.19. The first-order chi connectivity index (χ1) is 12.9. The fourth-order valence-corrected chi connectivity index (χ4v) is 2.61. The number of hydrogen-bond donors (Lipinski definition) is 2. The van der Waals surface area contributed by atoms with E-state index in [0.29, 0.717) is 29.1 Å². The van der Waals surface area contributed by atoms with Crippen molar-refractivity contribution >= 4 is 27.8 Å². The minimum Gasteiger partial charge on any atom is -0.357 e. The maximum Gasteiger partial charge on any atom is 0.253 e. The summed E-state index contributed by atoms with van der Waals surface area (Å²) in [4.78, 5) is 18.0. The third kappa shape index (κ3) is 6.36. The monoisotopic (exact) mass is 434 g/mol. The summed E-state index contributed by atoms with van der Waals surface area (Å²) in [5.74, 6) is 0.327. The molecule has 0 radical (unpaired) electrons. The highest BCUT2D eigenvalue weighted by Crippen LogP contribution is 2.16. The number of hydrogen-bond acceptors (Lipinski definition) is 2. The van der Waals surface area contributed by atoms with Crippen LogP contribution in [-0.4, -0.2) is 37.4 Å². The molecule has 0 saturated carbocycles. The molecule has 0 atom stereocenters. The van der Waals surface area contributed by atoms with Crippen LogP contribution in [0.3, 0.4) is 0 Å². The van der Waals surface area contributed by atoms with Gasteiger partial charge in [0.05, 0.1) is 11.0 Å². The van der Waals surface area contributed by atoms with Crippen molar-refractivity contribution in [3.05, 3.63) is 69.4 Å². The van der Waals surface area contributed by atoms with Crippen molar-refractivity contribution < 1.29 is 9.18 Å². The fraction of sp³-hybridized carbons (Fsp3) is 0.300. The summed E-state index contributed by atoms with van der Waals surface area (Å²) in [5, 5.41) is 6.41. The molecule has 0 fully saturated rings. The van der Waals surface area contributed by atoms with Crippen molar-refractivity contribution in [2.75, 3.05) is 20.6 Å². The number of rotatable bonds is 6. The first kappa shape index (κ1) is 20.9. The molecule has 0 spiro atoms. The van der Waals surface area contributed by atoms with E-state index in [9.17, 15) is 9.18 Å². The quantitative estimate of drug-likeness (QED) is 0.539. The van der Waals surface area contributed by atoms with E-state index >= 15 is 0 Å². The zero-order chi connectivity index (χ0) is 19.8. The number of guanidine groups is 1. The third-order valence-electron chi connectivity index (χ3n) is 3.82. The summed E-state index contributed by atoms with van der Waals surface area (Å²) in [5.41, 5.74) is 2.48. The van der Waals surface area contributed by atoms with E-state index in [1.807, 2.05) is 37.3 Å². The van der Waals surface area contributed by atoms with Crippen molar-refractivity contribution in [3.63, 3.8) is 0 Å². The van der Waals surface area contributed by atoms with E-state index in [0.717, 1.165) is 17.7 Å². The van der Waals surface area contributed by atoms with Crippen molar-refractivity contribution in [2.45, 2.75) is 20.0 Å². The molecule has 27 heavy (non-hydrogen) atoms. The second kappa shape index (κ2) is 10.1. The number of nitrogens with zero attached hydrogens (tertiary/aromatic N) is 2. The van der Waals surface area contributed by atoms with E-state index in [2.05, 4.69) is 31.6 Å². The third-order valence-corrected chi connectivity index (χ3v) is 4.46. The van der Waals surface area contributed by atoms with Gasteiger partial charge in [0.1, 0.15) is 5.82 Å². The van der Waals surface area contributed by atoms with Crippen molar-refractivity contribution in [1.29, 1.82) is 0 Å². The molecule has 0 saturated heterocycles. The predicted molar refractivity (Wildman–Crippen MR) is 110 cm³/mol. The first-order valence-electron chi connectivity index (χ1n) is 8.67. The van der Waals surface area contributed by atoms with Gasteiger partial charge in [0.25, 0.3) is 5.91 Å². The van der Waals surface area contributed by atoms with Crippen LogP contribution in [0.2, 0.25) is 0 Å². The number of carbonyl (C=O) groups excluding carboxylic acids is 1. The van der Waals surface area contributed by atoms with E-state index in [1.165, 1.54) is 6.07 Å². The van der Waals surface area contributed by atoms with Gasteiger partial charge < -0.3 is 15.5 Å². The molecule has 7 heteroatoms. The standard InChI is InChI=1S/C20H24BrFN4O/c1-4-23-20(25-13-15-7-10-17(21)18(22)11-15)24-12-14-5-8-16(9-6-14)19(27)26(2)3/h5-11H,4,12-13H2,1-3H3,(H2,23,24,25). The first-order valence-corrected chi connectivity index (χ1v) is 9.46. The van der Waals surface area contributed by atoms with Gasteiger partial charge in [-0.1, -0.05) is 18.2 Å². The minimum atomic E-state index is -0.298. The molecule has 5 nitrogen and oxygen atoms in total. The molecule has 2 aromatic rings. The molecular weight excluding hydrogens is 411 g/mol. The zero-order valence-corrected chi connectivity index (χ0v) is 17.3. The minimum absolute atomic E-state index is 0.0221. The summed E-state index contributed by atoms with van der Waals surface area (Å²) in [6, 6.07) is 12.4. The molecule has 0 aliphatic rings. The number of amides is 1. The molecule has 1 amide bonds. The van der Waals surface area contributed by atoms with Gasteiger partial charge in [0.15, 0.2) is 5.96 Å². The van der Waals surface area contributed by atoms with Crippen LogP contribution in [0, 0.1) is 5.82 Å². The van der Waals surface area contributed by atoms with E-state index in [4.69, 9.17) is 0 Å². The molecular formula is C20H24BrFN4O. The predicted octanol–water partition coefficient (Wildman–Crippen LogP) is 3.55. The molecule has 0 heterocycles. The second-order valence-corrected chi connectivity index (χ2v) is 7.05. The molecule has 0 bridgehead atoms. The Kier molecular flexibility index (Phi) is 7.79. The topological polar surface area (TPSA) is 56.7 Å². The molecule has 144 valence electrons. The van der Waals surface area contributed by atoms with Crippen molar-refractivity contribution in [2.24, 2.45) is 4.99 Å². The van der Waals surface area contributed by atoms with Gasteiger partial charge >= 0.3 is 0 Å². The Bertz CT molecular complexity index is 806. The number of carbonyl (C=O) groups is 1. The highest BCUT2D eigenvalue weighted by Gasteiger charge is 2.07. The molecule has 0 aliphatic heterocycles. The number of halogens is 2. The summed E-state index contributed by atoms with van der Waals surface area (Å²) in [6.07, 6.45) is 0. The zero-order valence-electron chi connectivity index (χ0n) is 15.7. The molecule has 0 unspecified atom stereocenters. The van der Waals surface area contributed by atoms with E-state index in [1.54, 1.807) is 25.1 Å². The largest absolute Gasteiger partial charge is 0.357 e. The average molecular weight is 435 g/mol. The highest BCUT2D eigenvalue weighted by atomic mass is 79.9. The van der Waals surface area contributed by atoms with Gasteiger partial charge in [-0.05, 0) is 58.2 Å². The van der Waals surface area contributed by atoms with Gasteiger partial charge in [-0.25, -0.2) is 9.38 Å². The van der Waals surface area contributed by atoms with Crippen LogP contribution in [0.25, 0.3) is 0 Å². The van der Waals surface area contributed by atoms with Crippen LogP contribution in [-0.2, 0) is 13.1 Å². The molecule has 2 N–H and O–H groups in total. The normalized spacial score (nSPS) is 11.2. The van der Waals surface area contributed by atoms with Gasteiger partial charge in [0.2, 0.25) is 0 Å². The summed E-state index contributed by atoms with van der Waals surface area (Å²) >= 11 is 3.15. The Labute approximate surface area is 167 Å². The van der Waals surface area contributed by atoms with Crippen LogP contribution in [0.5, 0.6) is 0 Å². The number of nitrogens with one attached hydrogen (secondary N) is 2. The van der Waals surface area contributed by atoms with E-state index < -0.39 is 0 Å². The van der Waals surface area contributed by atoms with Gasteiger partial charge in [-0.3, -0.25) is 4.79 Å². The Morgan fingerprint density at radius 1 is 1.11 bits per heavy atom. The molecule has 2 rings (SSSR count). The summed E-state index contributed by atoms with van der Waals surface area (Å²) in [7, 11) is 3.46. The number of aliphatic imine (C=N–C) groups is 1. The maximum absolute atomic E-state index is 13.6. The van der Waals surface area contributed by atoms with Crippen molar-refractivity contribution in [1.82, 2.24) is 15.5 Å². The molecule has 2 aromatic carbocycles. The maximum atomic E-state index is 13.6. The van der Waals surface area contributed by atoms with Gasteiger partial charge in [0, 0.05) is 32.7 Å². The van der Waals surface area contributed by atoms with Crippen LogP contribution >= 0.6 is 15.9 Å². The molecule has 0 aromatic heterocycles. The van der Waals surface area contributed by atoms with Crippen LogP contribution in [0.15, 0.2) is 51.9 Å². The fourth-order valence-electron chi connectivity index (χ4n) is 2.36.